The van der Waals surface area contributed by atoms with Gasteiger partial charge in [-0.2, -0.15) is 0 Å². The van der Waals surface area contributed by atoms with Crippen molar-refractivity contribution in [3.8, 4) is 5.75 Å². The Labute approximate surface area is 116 Å². The summed E-state index contributed by atoms with van der Waals surface area (Å²) in [5.74, 6) is 0.684. The molecule has 0 aromatic heterocycles. The van der Waals surface area contributed by atoms with Crippen LogP contribution in [0.15, 0.2) is 47.4 Å². The Hall–Kier alpha value is -1.68. The Morgan fingerprint density at radius 2 is 2.00 bits per heavy atom. The fourth-order valence-electron chi connectivity index (χ4n) is 1.66. The van der Waals surface area contributed by atoms with Gasteiger partial charge in [-0.15, -0.1) is 11.8 Å². The molecular formula is C15H16FNOS. The van der Waals surface area contributed by atoms with Crippen LogP contribution in [-0.4, -0.2) is 12.4 Å². The molecule has 2 rings (SSSR count). The van der Waals surface area contributed by atoms with E-state index in [1.165, 1.54) is 6.07 Å². The van der Waals surface area contributed by atoms with Crippen LogP contribution in [0.2, 0.25) is 0 Å². The highest BCUT2D eigenvalue weighted by Gasteiger charge is 2.03. The largest absolute Gasteiger partial charge is 0.490 e. The summed E-state index contributed by atoms with van der Waals surface area (Å²) in [5, 5.41) is 0. The number of aryl methyl sites for hydroxylation is 1. The van der Waals surface area contributed by atoms with E-state index in [0.29, 0.717) is 12.4 Å². The first-order chi connectivity index (χ1) is 9.16. The Balaban J connectivity index is 1.83. The van der Waals surface area contributed by atoms with Crippen molar-refractivity contribution in [1.29, 1.82) is 0 Å². The molecule has 100 valence electrons. The van der Waals surface area contributed by atoms with Crippen molar-refractivity contribution in [2.45, 2.75) is 11.8 Å². The van der Waals surface area contributed by atoms with Gasteiger partial charge in [-0.05, 0) is 36.8 Å². The highest BCUT2D eigenvalue weighted by Crippen LogP contribution is 2.26. The molecule has 0 amide bonds. The van der Waals surface area contributed by atoms with Gasteiger partial charge in [0.1, 0.15) is 0 Å². The Bertz CT molecular complexity index is 560. The molecular weight excluding hydrogens is 261 g/mol. The van der Waals surface area contributed by atoms with Crippen LogP contribution in [-0.2, 0) is 0 Å². The zero-order chi connectivity index (χ0) is 13.7. The summed E-state index contributed by atoms with van der Waals surface area (Å²) in [7, 11) is 0. The summed E-state index contributed by atoms with van der Waals surface area (Å²) in [6, 6.07) is 12.4. The van der Waals surface area contributed by atoms with E-state index in [4.69, 9.17) is 10.5 Å². The zero-order valence-corrected chi connectivity index (χ0v) is 11.5. The van der Waals surface area contributed by atoms with Crippen molar-refractivity contribution in [2.24, 2.45) is 0 Å². The van der Waals surface area contributed by atoms with Crippen molar-refractivity contribution in [1.82, 2.24) is 0 Å². The maximum absolute atomic E-state index is 13.3. The lowest BCUT2D eigenvalue weighted by molar-refractivity contribution is 0.325. The topological polar surface area (TPSA) is 35.2 Å². The number of thioether (sulfide) groups is 1. The summed E-state index contributed by atoms with van der Waals surface area (Å²) in [6.45, 7) is 2.45. The van der Waals surface area contributed by atoms with E-state index in [9.17, 15) is 4.39 Å². The maximum atomic E-state index is 13.3. The van der Waals surface area contributed by atoms with Gasteiger partial charge in [0.2, 0.25) is 0 Å². The quantitative estimate of drug-likeness (QED) is 0.511. The SMILES string of the molecule is Cc1ccc(SCCOc2ccccc2F)c(N)c1. The lowest BCUT2D eigenvalue weighted by Crippen LogP contribution is -2.02. The lowest BCUT2D eigenvalue weighted by atomic mass is 10.2. The van der Waals surface area contributed by atoms with Gasteiger partial charge in [-0.3, -0.25) is 0 Å². The first-order valence-corrected chi connectivity index (χ1v) is 7.01. The number of halogens is 1. The molecule has 2 nitrogen and oxygen atoms in total. The number of nitrogens with two attached hydrogens (primary N) is 1. The number of nitrogen functional groups attached to an aromatic ring is 1. The van der Waals surface area contributed by atoms with E-state index >= 15 is 0 Å². The highest BCUT2D eigenvalue weighted by molar-refractivity contribution is 7.99. The van der Waals surface area contributed by atoms with E-state index in [2.05, 4.69) is 0 Å². The summed E-state index contributed by atoms with van der Waals surface area (Å²) in [4.78, 5) is 1.03. The second-order valence-corrected chi connectivity index (χ2v) is 5.31. The van der Waals surface area contributed by atoms with Gasteiger partial charge in [-0.25, -0.2) is 4.39 Å². The molecule has 0 heterocycles. The van der Waals surface area contributed by atoms with Gasteiger partial charge in [0.15, 0.2) is 11.6 Å². The maximum Gasteiger partial charge on any atom is 0.165 e. The molecule has 4 heteroatoms. The standard InChI is InChI=1S/C15H16FNOS/c1-11-6-7-15(13(17)10-11)19-9-8-18-14-5-3-2-4-12(14)16/h2-7,10H,8-9,17H2,1H3. The van der Waals surface area contributed by atoms with Crippen LogP contribution in [0.25, 0.3) is 0 Å². The first kappa shape index (κ1) is 13.7. The number of hydrogen-bond acceptors (Lipinski definition) is 3. The summed E-state index contributed by atoms with van der Waals surface area (Å²) >= 11 is 1.61. The lowest BCUT2D eigenvalue weighted by Gasteiger charge is -2.08. The van der Waals surface area contributed by atoms with E-state index in [0.717, 1.165) is 21.9 Å². The first-order valence-electron chi connectivity index (χ1n) is 6.03. The molecule has 0 unspecified atom stereocenters. The summed E-state index contributed by atoms with van der Waals surface area (Å²) in [5.41, 5.74) is 7.83. The number of para-hydroxylation sites is 1. The van der Waals surface area contributed by atoms with Crippen LogP contribution in [0.1, 0.15) is 5.56 Å². The molecule has 0 fully saturated rings. The number of ether oxygens (including phenoxy) is 1. The fraction of sp³-hybridized carbons (Fsp3) is 0.200. The van der Waals surface area contributed by atoms with Crippen LogP contribution in [0.3, 0.4) is 0 Å². The number of anilines is 1. The molecule has 2 N–H and O–H groups in total. The molecule has 0 radical (unpaired) electrons. The van der Waals surface area contributed by atoms with Gasteiger partial charge < -0.3 is 10.5 Å². The van der Waals surface area contributed by atoms with Crippen molar-refractivity contribution >= 4 is 17.4 Å². The Kier molecular flexibility index (Phi) is 4.68. The molecule has 19 heavy (non-hydrogen) atoms. The minimum absolute atomic E-state index is 0.292. The molecule has 2 aromatic carbocycles. The van der Waals surface area contributed by atoms with Crippen LogP contribution in [0.5, 0.6) is 5.75 Å². The van der Waals surface area contributed by atoms with Crippen LogP contribution in [0, 0.1) is 12.7 Å². The van der Waals surface area contributed by atoms with Gasteiger partial charge in [-0.1, -0.05) is 18.2 Å². The third-order valence-corrected chi connectivity index (χ3v) is 3.65. The smallest absolute Gasteiger partial charge is 0.165 e. The molecule has 0 bridgehead atoms. The minimum atomic E-state index is -0.331. The second kappa shape index (κ2) is 6.48. The number of hydrogen-bond donors (Lipinski definition) is 1. The normalized spacial score (nSPS) is 10.4. The summed E-state index contributed by atoms with van der Waals surface area (Å²) in [6.07, 6.45) is 0. The van der Waals surface area contributed by atoms with Crippen molar-refractivity contribution in [2.75, 3.05) is 18.1 Å². The minimum Gasteiger partial charge on any atom is -0.490 e. The van der Waals surface area contributed by atoms with Crippen LogP contribution >= 0.6 is 11.8 Å². The predicted molar refractivity (Wildman–Crippen MR) is 78.2 cm³/mol. The van der Waals surface area contributed by atoms with Gasteiger partial charge >= 0.3 is 0 Å². The molecule has 0 saturated carbocycles. The van der Waals surface area contributed by atoms with E-state index < -0.39 is 0 Å². The van der Waals surface area contributed by atoms with E-state index in [1.54, 1.807) is 30.0 Å². The molecule has 0 atom stereocenters. The number of benzene rings is 2. The number of rotatable bonds is 5. The van der Waals surface area contributed by atoms with Gasteiger partial charge in [0, 0.05) is 16.3 Å². The monoisotopic (exact) mass is 277 g/mol. The molecule has 0 aliphatic heterocycles. The van der Waals surface area contributed by atoms with Gasteiger partial charge in [0.25, 0.3) is 0 Å². The fourth-order valence-corrected chi connectivity index (χ4v) is 2.44. The van der Waals surface area contributed by atoms with Crippen molar-refractivity contribution in [3.63, 3.8) is 0 Å². The summed E-state index contributed by atoms with van der Waals surface area (Å²) < 4.78 is 18.7. The van der Waals surface area contributed by atoms with Gasteiger partial charge in [0.05, 0.1) is 6.61 Å². The van der Waals surface area contributed by atoms with E-state index in [-0.39, 0.29) is 5.82 Å². The average Bonchev–Trinajstić information content (AvgIpc) is 2.38. The van der Waals surface area contributed by atoms with Crippen LogP contribution in [0.4, 0.5) is 10.1 Å². The predicted octanol–water partition coefficient (Wildman–Crippen LogP) is 3.89. The third-order valence-electron chi connectivity index (χ3n) is 2.60. The molecule has 0 saturated heterocycles. The Morgan fingerprint density at radius 1 is 1.21 bits per heavy atom. The molecule has 2 aromatic rings. The molecule has 0 spiro atoms. The zero-order valence-electron chi connectivity index (χ0n) is 10.7. The second-order valence-electron chi connectivity index (χ2n) is 4.17. The Morgan fingerprint density at radius 3 is 2.74 bits per heavy atom. The van der Waals surface area contributed by atoms with Crippen molar-refractivity contribution < 1.29 is 9.13 Å². The average molecular weight is 277 g/mol. The van der Waals surface area contributed by atoms with Crippen LogP contribution < -0.4 is 10.5 Å². The third kappa shape index (κ3) is 3.89. The molecule has 0 aliphatic carbocycles. The van der Waals surface area contributed by atoms with E-state index in [1.807, 2.05) is 25.1 Å². The van der Waals surface area contributed by atoms with Crippen molar-refractivity contribution in [3.05, 3.63) is 53.8 Å². The molecule has 0 aliphatic rings. The highest BCUT2D eigenvalue weighted by atomic mass is 32.2.